The van der Waals surface area contributed by atoms with Crippen molar-refractivity contribution in [3.8, 4) is 0 Å². The lowest BCUT2D eigenvalue weighted by Crippen LogP contribution is -2.54. The predicted octanol–water partition coefficient (Wildman–Crippen LogP) is -0.254. The van der Waals surface area contributed by atoms with Crippen LogP contribution in [-0.4, -0.2) is 26.9 Å². The lowest BCUT2D eigenvalue weighted by molar-refractivity contribution is 0.475. The third-order valence-corrected chi connectivity index (χ3v) is 2.52. The molecular weight excluding hydrogens is 274 g/mol. The van der Waals surface area contributed by atoms with Gasteiger partial charge >= 0.3 is 17.1 Å². The molecular formula is C14H19N3O4. The van der Waals surface area contributed by atoms with Crippen LogP contribution in [0.15, 0.2) is 52.3 Å². The first-order valence-corrected chi connectivity index (χ1v) is 6.43. The van der Waals surface area contributed by atoms with Gasteiger partial charge in [0.1, 0.15) is 0 Å². The molecule has 1 aliphatic rings. The average Bonchev–Trinajstić information content (AvgIpc) is 3.33. The predicted molar refractivity (Wildman–Crippen MR) is 80.6 cm³/mol. The molecule has 114 valence electrons. The Hall–Kier alpha value is -2.41. The summed E-state index contributed by atoms with van der Waals surface area (Å²) >= 11 is 0. The molecule has 21 heavy (non-hydrogen) atoms. The molecule has 2 rings (SSSR count). The van der Waals surface area contributed by atoms with Gasteiger partial charge in [0.2, 0.25) is 0 Å². The van der Waals surface area contributed by atoms with E-state index in [4.69, 9.17) is 0 Å². The topological polar surface area (TPSA) is 78.5 Å². The van der Waals surface area contributed by atoms with Gasteiger partial charge in [0.15, 0.2) is 0 Å². The van der Waals surface area contributed by atoms with Crippen LogP contribution in [0.25, 0.3) is 0 Å². The van der Waals surface area contributed by atoms with Crippen molar-refractivity contribution in [2.75, 3.05) is 13.2 Å². The van der Waals surface area contributed by atoms with E-state index in [0.29, 0.717) is 0 Å². The van der Waals surface area contributed by atoms with Crippen LogP contribution in [0, 0.1) is 0 Å². The molecule has 0 N–H and O–H groups in total. The summed E-state index contributed by atoms with van der Waals surface area (Å²) < 4.78 is 7.34. The van der Waals surface area contributed by atoms with Crippen LogP contribution >= 0.6 is 0 Å². The van der Waals surface area contributed by atoms with Gasteiger partial charge in [0.05, 0.1) is 32.8 Å². The van der Waals surface area contributed by atoms with Gasteiger partial charge in [0, 0.05) is 0 Å². The summed E-state index contributed by atoms with van der Waals surface area (Å²) in [6, 6.07) is 0. The molecule has 0 atom stereocenters. The first kappa shape index (κ1) is 16.6. The van der Waals surface area contributed by atoms with E-state index in [9.17, 15) is 14.4 Å². The Labute approximate surface area is 121 Å². The fourth-order valence-corrected chi connectivity index (χ4v) is 1.54. The minimum Gasteiger partial charge on any atom is -0.377 e. The Kier molecular flexibility index (Phi) is 6.35. The van der Waals surface area contributed by atoms with Crippen molar-refractivity contribution in [3.05, 3.63) is 69.4 Å². The summed E-state index contributed by atoms with van der Waals surface area (Å²) in [7, 11) is 0. The summed E-state index contributed by atoms with van der Waals surface area (Å²) in [5.74, 6) is 0. The van der Waals surface area contributed by atoms with E-state index in [1.54, 1.807) is 0 Å². The number of hydrogen-bond donors (Lipinski definition) is 0. The van der Waals surface area contributed by atoms with E-state index in [-0.39, 0.29) is 19.6 Å². The first-order valence-electron chi connectivity index (χ1n) is 6.43. The van der Waals surface area contributed by atoms with Crippen LogP contribution in [0.5, 0.6) is 0 Å². The zero-order chi connectivity index (χ0) is 15.8. The lowest BCUT2D eigenvalue weighted by atomic mass is 10.5. The Bertz CT molecular complexity index is 568. The van der Waals surface area contributed by atoms with Gasteiger partial charge < -0.3 is 4.74 Å². The molecule has 1 saturated heterocycles. The number of ether oxygens (including phenoxy) is 1. The summed E-state index contributed by atoms with van der Waals surface area (Å²) in [5, 5.41) is 0. The normalized spacial score (nSPS) is 12.0. The van der Waals surface area contributed by atoms with Gasteiger partial charge in [-0.05, 0) is 0 Å². The van der Waals surface area contributed by atoms with Crippen LogP contribution in [-0.2, 0) is 24.4 Å². The molecule has 0 aromatic carbocycles. The second-order valence-corrected chi connectivity index (χ2v) is 4.16. The molecule has 1 aromatic rings. The Morgan fingerprint density at radius 2 is 1.00 bits per heavy atom. The highest BCUT2D eigenvalue weighted by Crippen LogP contribution is 1.84. The maximum atomic E-state index is 11.9. The van der Waals surface area contributed by atoms with Crippen molar-refractivity contribution < 1.29 is 4.74 Å². The maximum Gasteiger partial charge on any atom is 0.336 e. The standard InChI is InChI=1S/C12H15N3O3.C2H4O/c1-4-7-13-10(16)14(8-5-2)12(18)15(9-6-3)11(13)17;1-2-3-1/h4-6H,1-3,7-9H2;1-2H2. The monoisotopic (exact) mass is 293 g/mol. The zero-order valence-electron chi connectivity index (χ0n) is 11.9. The number of nitrogens with zero attached hydrogens (tertiary/aromatic N) is 3. The summed E-state index contributed by atoms with van der Waals surface area (Å²) in [6.45, 7) is 12.6. The Morgan fingerprint density at radius 1 is 0.762 bits per heavy atom. The highest BCUT2D eigenvalue weighted by atomic mass is 16.6. The summed E-state index contributed by atoms with van der Waals surface area (Å²) in [5.41, 5.74) is -1.99. The van der Waals surface area contributed by atoms with Gasteiger partial charge in [-0.3, -0.25) is 0 Å². The third kappa shape index (κ3) is 4.28. The molecule has 1 fully saturated rings. The molecule has 1 aromatic heterocycles. The molecule has 0 amide bonds. The largest absolute Gasteiger partial charge is 0.377 e. The highest BCUT2D eigenvalue weighted by molar-refractivity contribution is 4.86. The summed E-state index contributed by atoms with van der Waals surface area (Å²) in [6.07, 6.45) is 4.26. The van der Waals surface area contributed by atoms with Gasteiger partial charge in [-0.2, -0.15) is 0 Å². The number of hydrogen-bond acceptors (Lipinski definition) is 4. The van der Waals surface area contributed by atoms with E-state index >= 15 is 0 Å². The van der Waals surface area contributed by atoms with Crippen molar-refractivity contribution in [1.82, 2.24) is 13.7 Å². The van der Waals surface area contributed by atoms with Crippen LogP contribution in [0.1, 0.15) is 0 Å². The minimum absolute atomic E-state index is 0.0478. The Balaban J connectivity index is 0.000000647. The van der Waals surface area contributed by atoms with Crippen molar-refractivity contribution >= 4 is 0 Å². The molecule has 0 bridgehead atoms. The molecule has 0 saturated carbocycles. The highest BCUT2D eigenvalue weighted by Gasteiger charge is 2.12. The summed E-state index contributed by atoms with van der Waals surface area (Å²) in [4.78, 5) is 35.8. The van der Waals surface area contributed by atoms with Gasteiger partial charge in [-0.25, -0.2) is 28.1 Å². The molecule has 7 heteroatoms. The average molecular weight is 293 g/mol. The Morgan fingerprint density at radius 3 is 1.14 bits per heavy atom. The van der Waals surface area contributed by atoms with Crippen LogP contribution in [0.4, 0.5) is 0 Å². The van der Waals surface area contributed by atoms with Gasteiger partial charge in [0.25, 0.3) is 0 Å². The zero-order valence-corrected chi connectivity index (χ0v) is 11.9. The second-order valence-electron chi connectivity index (χ2n) is 4.16. The van der Waals surface area contributed by atoms with Crippen molar-refractivity contribution in [2.24, 2.45) is 0 Å². The van der Waals surface area contributed by atoms with E-state index in [0.717, 1.165) is 26.9 Å². The van der Waals surface area contributed by atoms with Gasteiger partial charge in [-0.15, -0.1) is 19.7 Å². The quantitative estimate of drug-likeness (QED) is 0.535. The number of allylic oxidation sites excluding steroid dienone is 3. The fourth-order valence-electron chi connectivity index (χ4n) is 1.54. The van der Waals surface area contributed by atoms with E-state index in [1.807, 2.05) is 0 Å². The molecule has 2 heterocycles. The molecule has 0 unspecified atom stereocenters. The SMILES string of the molecule is C1CO1.C=CCn1c(=O)n(CC=C)c(=O)n(CC=C)c1=O. The minimum atomic E-state index is -0.662. The van der Waals surface area contributed by atoms with E-state index < -0.39 is 17.1 Å². The molecule has 0 aliphatic carbocycles. The van der Waals surface area contributed by atoms with Crippen molar-refractivity contribution in [1.29, 1.82) is 0 Å². The molecule has 7 nitrogen and oxygen atoms in total. The van der Waals surface area contributed by atoms with Crippen LogP contribution in [0.2, 0.25) is 0 Å². The maximum absolute atomic E-state index is 11.9. The second kappa shape index (κ2) is 8.01. The van der Waals surface area contributed by atoms with Crippen LogP contribution < -0.4 is 17.1 Å². The van der Waals surface area contributed by atoms with Crippen molar-refractivity contribution in [3.63, 3.8) is 0 Å². The van der Waals surface area contributed by atoms with E-state index in [1.165, 1.54) is 18.2 Å². The van der Waals surface area contributed by atoms with Crippen molar-refractivity contribution in [2.45, 2.75) is 19.6 Å². The number of epoxide rings is 1. The fraction of sp³-hybridized carbons (Fsp3) is 0.357. The lowest BCUT2D eigenvalue weighted by Gasteiger charge is -2.10. The third-order valence-electron chi connectivity index (χ3n) is 2.52. The van der Waals surface area contributed by atoms with Crippen LogP contribution in [0.3, 0.4) is 0 Å². The molecule has 1 aliphatic heterocycles. The van der Waals surface area contributed by atoms with Gasteiger partial charge in [-0.1, -0.05) is 18.2 Å². The number of aromatic nitrogens is 3. The smallest absolute Gasteiger partial charge is 0.336 e. The molecule has 0 spiro atoms. The number of rotatable bonds is 6. The first-order chi connectivity index (χ1) is 10.1. The van der Waals surface area contributed by atoms with E-state index in [2.05, 4.69) is 24.5 Å². The molecule has 0 radical (unpaired) electrons.